The van der Waals surface area contributed by atoms with E-state index in [2.05, 4.69) is 23.3 Å². The first kappa shape index (κ1) is 8.91. The van der Waals surface area contributed by atoms with Crippen LogP contribution in [0.5, 0.6) is 0 Å². The number of hydrogen-bond acceptors (Lipinski definition) is 3. The van der Waals surface area contributed by atoms with E-state index in [0.29, 0.717) is 0 Å². The molecule has 2 heterocycles. The number of nitrogens with zero attached hydrogens (tertiary/aromatic N) is 1. The van der Waals surface area contributed by atoms with Crippen LogP contribution in [0.3, 0.4) is 0 Å². The van der Waals surface area contributed by atoms with Crippen LogP contribution in [-0.4, -0.2) is 18.1 Å². The maximum Gasteiger partial charge on any atom is 0.116 e. The van der Waals surface area contributed by atoms with Gasteiger partial charge in [0.25, 0.3) is 0 Å². The fourth-order valence-corrected chi connectivity index (χ4v) is 2.27. The Labute approximate surface area is 82.7 Å². The smallest absolute Gasteiger partial charge is 0.116 e. The van der Waals surface area contributed by atoms with Crippen molar-refractivity contribution >= 4 is 17.4 Å². The molecule has 0 bridgehead atoms. The molecule has 0 aromatic carbocycles. The van der Waals surface area contributed by atoms with Crippen LogP contribution in [0.1, 0.15) is 22.7 Å². The van der Waals surface area contributed by atoms with Gasteiger partial charge in [0, 0.05) is 11.1 Å². The lowest BCUT2D eigenvalue weighted by Gasteiger charge is -2.14. The van der Waals surface area contributed by atoms with E-state index in [1.165, 1.54) is 23.3 Å². The zero-order chi connectivity index (χ0) is 9.10. The molecule has 0 atom stereocenters. The van der Waals surface area contributed by atoms with Gasteiger partial charge < -0.3 is 5.32 Å². The van der Waals surface area contributed by atoms with Crippen molar-refractivity contribution in [2.45, 2.75) is 19.8 Å². The number of hydrogen-bond donors (Lipinski definition) is 1. The SMILES string of the molecule is Cc1cnc(C=C2CCNCC2)s1. The number of rotatable bonds is 1. The van der Waals surface area contributed by atoms with Crippen molar-refractivity contribution in [3.05, 3.63) is 21.7 Å². The third-order valence-corrected chi connectivity index (χ3v) is 3.07. The third-order valence-electron chi connectivity index (χ3n) is 2.21. The Bertz CT molecular complexity index is 306. The van der Waals surface area contributed by atoms with Crippen molar-refractivity contribution in [2.75, 3.05) is 13.1 Å². The Kier molecular flexibility index (Phi) is 2.76. The van der Waals surface area contributed by atoms with Crippen LogP contribution in [0.15, 0.2) is 11.8 Å². The van der Waals surface area contributed by atoms with Gasteiger partial charge in [-0.05, 0) is 38.9 Å². The Morgan fingerprint density at radius 1 is 1.46 bits per heavy atom. The summed E-state index contributed by atoms with van der Waals surface area (Å²) in [4.78, 5) is 5.62. The van der Waals surface area contributed by atoms with E-state index < -0.39 is 0 Å². The zero-order valence-corrected chi connectivity index (χ0v) is 8.66. The first-order chi connectivity index (χ1) is 6.34. The van der Waals surface area contributed by atoms with Gasteiger partial charge in [0.15, 0.2) is 0 Å². The number of thiazole rings is 1. The summed E-state index contributed by atoms with van der Waals surface area (Å²) in [5, 5.41) is 4.51. The number of aromatic nitrogens is 1. The summed E-state index contributed by atoms with van der Waals surface area (Å²) < 4.78 is 0. The van der Waals surface area contributed by atoms with Gasteiger partial charge in [-0.15, -0.1) is 11.3 Å². The molecule has 0 radical (unpaired) electrons. The van der Waals surface area contributed by atoms with Crippen LogP contribution < -0.4 is 5.32 Å². The predicted octanol–water partition coefficient (Wildman–Crippen LogP) is 2.22. The van der Waals surface area contributed by atoms with E-state index in [1.807, 2.05) is 6.20 Å². The number of nitrogens with one attached hydrogen (secondary N) is 1. The van der Waals surface area contributed by atoms with Gasteiger partial charge in [0.2, 0.25) is 0 Å². The van der Waals surface area contributed by atoms with E-state index in [9.17, 15) is 0 Å². The first-order valence-corrected chi connectivity index (χ1v) is 5.49. The maximum absolute atomic E-state index is 4.33. The molecule has 0 unspecified atom stereocenters. The molecule has 2 rings (SSSR count). The van der Waals surface area contributed by atoms with E-state index in [0.717, 1.165) is 18.1 Å². The summed E-state index contributed by atoms with van der Waals surface area (Å²) in [6.45, 7) is 4.34. The van der Waals surface area contributed by atoms with Crippen molar-refractivity contribution < 1.29 is 0 Å². The van der Waals surface area contributed by atoms with Gasteiger partial charge in [0.1, 0.15) is 5.01 Å². The van der Waals surface area contributed by atoms with Crippen molar-refractivity contribution in [3.8, 4) is 0 Å². The Balaban J connectivity index is 2.09. The summed E-state index contributed by atoms with van der Waals surface area (Å²) in [7, 11) is 0. The highest BCUT2D eigenvalue weighted by atomic mass is 32.1. The summed E-state index contributed by atoms with van der Waals surface area (Å²) in [6, 6.07) is 0. The molecule has 0 spiro atoms. The standard InChI is InChI=1S/C10H14N2S/c1-8-7-12-10(13-8)6-9-2-4-11-5-3-9/h6-7,11H,2-5H2,1H3. The summed E-state index contributed by atoms with van der Waals surface area (Å²) in [5.74, 6) is 0. The molecule has 1 aliphatic heterocycles. The first-order valence-electron chi connectivity index (χ1n) is 4.67. The molecule has 0 saturated carbocycles. The summed E-state index contributed by atoms with van der Waals surface area (Å²) >= 11 is 1.77. The van der Waals surface area contributed by atoms with Gasteiger partial charge >= 0.3 is 0 Å². The van der Waals surface area contributed by atoms with Crippen LogP contribution in [0.4, 0.5) is 0 Å². The molecule has 3 heteroatoms. The minimum absolute atomic E-state index is 1.12. The van der Waals surface area contributed by atoms with Gasteiger partial charge in [-0.2, -0.15) is 0 Å². The average molecular weight is 194 g/mol. The molecular weight excluding hydrogens is 180 g/mol. The molecule has 1 aromatic heterocycles. The second-order valence-corrected chi connectivity index (χ2v) is 4.63. The van der Waals surface area contributed by atoms with Gasteiger partial charge in [-0.25, -0.2) is 4.98 Å². The lowest BCUT2D eigenvalue weighted by molar-refractivity contribution is 0.613. The zero-order valence-electron chi connectivity index (χ0n) is 7.84. The van der Waals surface area contributed by atoms with Gasteiger partial charge in [-0.1, -0.05) is 5.57 Å². The largest absolute Gasteiger partial charge is 0.316 e. The molecule has 1 aliphatic rings. The van der Waals surface area contributed by atoms with Gasteiger partial charge in [0.05, 0.1) is 0 Å². The molecule has 1 saturated heterocycles. The van der Waals surface area contributed by atoms with E-state index >= 15 is 0 Å². The quantitative estimate of drug-likeness (QED) is 0.741. The maximum atomic E-state index is 4.33. The fraction of sp³-hybridized carbons (Fsp3) is 0.500. The van der Waals surface area contributed by atoms with Crippen LogP contribution in [-0.2, 0) is 0 Å². The molecule has 0 amide bonds. The monoisotopic (exact) mass is 194 g/mol. The lowest BCUT2D eigenvalue weighted by atomic mass is 10.1. The Hall–Kier alpha value is -0.670. The summed E-state index contributed by atoms with van der Waals surface area (Å²) in [5.41, 5.74) is 1.54. The summed E-state index contributed by atoms with van der Waals surface area (Å²) in [6.07, 6.45) is 6.55. The highest BCUT2D eigenvalue weighted by molar-refractivity contribution is 7.12. The van der Waals surface area contributed by atoms with Crippen LogP contribution in [0.2, 0.25) is 0 Å². The fourth-order valence-electron chi connectivity index (χ4n) is 1.51. The molecule has 13 heavy (non-hydrogen) atoms. The normalized spacial score (nSPS) is 17.5. The average Bonchev–Trinajstić information content (AvgIpc) is 2.53. The Morgan fingerprint density at radius 2 is 2.23 bits per heavy atom. The number of aryl methyl sites for hydroxylation is 1. The van der Waals surface area contributed by atoms with Crippen LogP contribution in [0.25, 0.3) is 6.08 Å². The van der Waals surface area contributed by atoms with Crippen LogP contribution in [0, 0.1) is 6.92 Å². The number of piperidine rings is 1. The van der Waals surface area contributed by atoms with Crippen molar-refractivity contribution in [1.29, 1.82) is 0 Å². The van der Waals surface area contributed by atoms with E-state index in [4.69, 9.17) is 0 Å². The molecule has 1 aromatic rings. The molecule has 0 aliphatic carbocycles. The molecule has 1 fully saturated rings. The van der Waals surface area contributed by atoms with Crippen molar-refractivity contribution in [1.82, 2.24) is 10.3 Å². The highest BCUT2D eigenvalue weighted by Crippen LogP contribution is 2.18. The third kappa shape index (κ3) is 2.39. The second kappa shape index (κ2) is 4.03. The van der Waals surface area contributed by atoms with Crippen molar-refractivity contribution in [2.24, 2.45) is 0 Å². The Morgan fingerprint density at radius 3 is 2.85 bits per heavy atom. The molecule has 2 nitrogen and oxygen atoms in total. The van der Waals surface area contributed by atoms with Crippen molar-refractivity contribution in [3.63, 3.8) is 0 Å². The highest BCUT2D eigenvalue weighted by Gasteiger charge is 2.05. The molecule has 70 valence electrons. The topological polar surface area (TPSA) is 24.9 Å². The molecule has 1 N–H and O–H groups in total. The minimum Gasteiger partial charge on any atom is -0.316 e. The van der Waals surface area contributed by atoms with E-state index in [-0.39, 0.29) is 0 Å². The minimum atomic E-state index is 1.12. The molecular formula is C10H14N2S. The van der Waals surface area contributed by atoms with Crippen LogP contribution >= 0.6 is 11.3 Å². The predicted molar refractivity (Wildman–Crippen MR) is 56.9 cm³/mol. The van der Waals surface area contributed by atoms with E-state index in [1.54, 1.807) is 11.3 Å². The van der Waals surface area contributed by atoms with Gasteiger partial charge in [-0.3, -0.25) is 0 Å². The lowest BCUT2D eigenvalue weighted by Crippen LogP contribution is -2.22. The second-order valence-electron chi connectivity index (χ2n) is 3.36.